The van der Waals surface area contributed by atoms with Crippen LogP contribution in [0.1, 0.15) is 12.8 Å². The molecule has 0 spiro atoms. The van der Waals surface area contributed by atoms with E-state index < -0.39 is 0 Å². The van der Waals surface area contributed by atoms with Crippen molar-refractivity contribution in [1.82, 2.24) is 10.6 Å². The van der Waals surface area contributed by atoms with Crippen LogP contribution in [0.4, 0.5) is 0 Å². The summed E-state index contributed by atoms with van der Waals surface area (Å²) in [6.07, 6.45) is 2.89. The van der Waals surface area contributed by atoms with E-state index in [4.69, 9.17) is 0 Å². The number of hydrogen-bond acceptors (Lipinski definition) is 2. The van der Waals surface area contributed by atoms with E-state index in [2.05, 4.69) is 10.6 Å². The van der Waals surface area contributed by atoms with Gasteiger partial charge in [-0.3, -0.25) is 0 Å². The van der Waals surface area contributed by atoms with Crippen molar-refractivity contribution in [3.8, 4) is 0 Å². The Labute approximate surface area is 62.4 Å². The first-order valence-corrected chi connectivity index (χ1v) is 4.28. The van der Waals surface area contributed by atoms with Gasteiger partial charge >= 0.3 is 0 Å². The van der Waals surface area contributed by atoms with Gasteiger partial charge in [-0.1, -0.05) is 0 Å². The second-order valence-corrected chi connectivity index (χ2v) is 3.67. The van der Waals surface area contributed by atoms with Gasteiger partial charge in [0.1, 0.15) is 0 Å². The first kappa shape index (κ1) is 6.62. The van der Waals surface area contributed by atoms with Crippen molar-refractivity contribution >= 4 is 0 Å². The average Bonchev–Trinajstić information content (AvgIpc) is 2.48. The van der Waals surface area contributed by atoms with E-state index in [1.807, 2.05) is 7.05 Å². The molecule has 1 aliphatic carbocycles. The van der Waals surface area contributed by atoms with E-state index in [-0.39, 0.29) is 0 Å². The molecule has 0 amide bonds. The quantitative estimate of drug-likeness (QED) is 0.572. The second-order valence-electron chi connectivity index (χ2n) is 3.67. The van der Waals surface area contributed by atoms with Gasteiger partial charge in [-0.2, -0.15) is 0 Å². The highest BCUT2D eigenvalue weighted by Gasteiger charge is 2.38. The molecule has 3 unspecified atom stereocenters. The zero-order chi connectivity index (χ0) is 6.97. The molecule has 3 atom stereocenters. The Hall–Kier alpha value is -0.0800. The summed E-state index contributed by atoms with van der Waals surface area (Å²) in [6.45, 7) is 2.49. The van der Waals surface area contributed by atoms with E-state index in [0.717, 1.165) is 17.9 Å². The van der Waals surface area contributed by atoms with Gasteiger partial charge in [0.05, 0.1) is 0 Å². The van der Waals surface area contributed by atoms with Crippen LogP contribution in [0.2, 0.25) is 0 Å². The Morgan fingerprint density at radius 1 is 1.50 bits per heavy atom. The zero-order valence-corrected chi connectivity index (χ0v) is 6.56. The molecule has 2 N–H and O–H groups in total. The summed E-state index contributed by atoms with van der Waals surface area (Å²) in [5.74, 6) is 1.92. The van der Waals surface area contributed by atoms with Crippen LogP contribution in [0, 0.1) is 11.8 Å². The van der Waals surface area contributed by atoms with Crippen LogP contribution in [0.15, 0.2) is 0 Å². The highest BCUT2D eigenvalue weighted by atomic mass is 15.0. The van der Waals surface area contributed by atoms with Gasteiger partial charge in [-0.05, 0) is 44.8 Å². The smallest absolute Gasteiger partial charge is 0.0111 e. The molecule has 2 fully saturated rings. The summed E-state index contributed by atoms with van der Waals surface area (Å²) in [4.78, 5) is 0. The third-order valence-corrected chi connectivity index (χ3v) is 2.93. The lowest BCUT2D eigenvalue weighted by Crippen LogP contribution is -2.37. The summed E-state index contributed by atoms with van der Waals surface area (Å²) in [7, 11) is 2.05. The van der Waals surface area contributed by atoms with Crippen LogP contribution in [0.3, 0.4) is 0 Å². The predicted octanol–water partition coefficient (Wildman–Crippen LogP) is 0.204. The van der Waals surface area contributed by atoms with E-state index in [1.54, 1.807) is 0 Å². The maximum Gasteiger partial charge on any atom is 0.0111 e. The Morgan fingerprint density at radius 2 is 2.40 bits per heavy atom. The van der Waals surface area contributed by atoms with Crippen molar-refractivity contribution in [2.45, 2.75) is 18.9 Å². The molecule has 2 nitrogen and oxygen atoms in total. The number of rotatable bonds is 2. The lowest BCUT2D eigenvalue weighted by atomic mass is 10.00. The highest BCUT2D eigenvalue weighted by Crippen LogP contribution is 2.35. The topological polar surface area (TPSA) is 24.1 Å². The molecule has 0 aromatic heterocycles. The Balaban J connectivity index is 1.90. The summed E-state index contributed by atoms with van der Waals surface area (Å²) in [5, 5.41) is 6.81. The van der Waals surface area contributed by atoms with E-state index in [0.29, 0.717) is 0 Å². The first-order valence-electron chi connectivity index (χ1n) is 4.28. The van der Waals surface area contributed by atoms with Crippen LogP contribution in [-0.2, 0) is 0 Å². The molecule has 2 heteroatoms. The number of nitrogens with one attached hydrogen (secondary N) is 2. The molecular weight excluding hydrogens is 124 g/mol. The van der Waals surface area contributed by atoms with Crippen LogP contribution >= 0.6 is 0 Å². The van der Waals surface area contributed by atoms with Crippen molar-refractivity contribution in [3.05, 3.63) is 0 Å². The highest BCUT2D eigenvalue weighted by molar-refractivity contribution is 4.95. The first-order chi connectivity index (χ1) is 4.90. The third kappa shape index (κ3) is 0.956. The molecule has 1 heterocycles. The molecule has 1 saturated carbocycles. The van der Waals surface area contributed by atoms with Crippen molar-refractivity contribution in [2.24, 2.45) is 11.8 Å². The summed E-state index contributed by atoms with van der Waals surface area (Å²) in [5.41, 5.74) is 0. The number of hydrogen-bond donors (Lipinski definition) is 2. The van der Waals surface area contributed by atoms with Crippen molar-refractivity contribution in [1.29, 1.82) is 0 Å². The van der Waals surface area contributed by atoms with Crippen LogP contribution in [0.5, 0.6) is 0 Å². The molecule has 10 heavy (non-hydrogen) atoms. The number of fused-ring (bicyclic) bond motifs is 2. The number of piperidine rings is 1. The lowest BCUT2D eigenvalue weighted by molar-refractivity contribution is 0.357. The van der Waals surface area contributed by atoms with Gasteiger partial charge in [0.25, 0.3) is 0 Å². The van der Waals surface area contributed by atoms with Crippen LogP contribution in [0.25, 0.3) is 0 Å². The minimum atomic E-state index is 0.845. The van der Waals surface area contributed by atoms with E-state index in [9.17, 15) is 0 Å². The fourth-order valence-electron chi connectivity index (χ4n) is 2.46. The van der Waals surface area contributed by atoms with Crippen molar-refractivity contribution in [2.75, 3.05) is 20.1 Å². The standard InChI is InChI=1S/C8H16N2/c1-9-5-7-2-6-3-8(7)10-4-6/h6-10H,2-5H2,1H3. The predicted molar refractivity (Wildman–Crippen MR) is 41.9 cm³/mol. The fraction of sp³-hybridized carbons (Fsp3) is 1.00. The molecule has 2 bridgehead atoms. The zero-order valence-electron chi connectivity index (χ0n) is 6.56. The fourth-order valence-corrected chi connectivity index (χ4v) is 2.46. The SMILES string of the molecule is CNCC1CC2CNC1C2. The average molecular weight is 140 g/mol. The Morgan fingerprint density at radius 3 is 2.90 bits per heavy atom. The van der Waals surface area contributed by atoms with Gasteiger partial charge in [-0.15, -0.1) is 0 Å². The molecule has 2 aliphatic rings. The normalized spacial score (nSPS) is 44.7. The van der Waals surface area contributed by atoms with E-state index >= 15 is 0 Å². The maximum absolute atomic E-state index is 3.55. The van der Waals surface area contributed by atoms with Gasteiger partial charge in [0.2, 0.25) is 0 Å². The van der Waals surface area contributed by atoms with Crippen LogP contribution in [-0.4, -0.2) is 26.2 Å². The minimum absolute atomic E-state index is 0.845. The molecule has 2 rings (SSSR count). The second kappa shape index (κ2) is 2.51. The third-order valence-electron chi connectivity index (χ3n) is 2.93. The minimum Gasteiger partial charge on any atom is -0.319 e. The molecule has 0 radical (unpaired) electrons. The molecule has 0 aromatic carbocycles. The van der Waals surface area contributed by atoms with Gasteiger partial charge in [0, 0.05) is 6.04 Å². The molecule has 58 valence electrons. The molecular formula is C8H16N2. The molecule has 1 aliphatic heterocycles. The molecule has 0 aromatic rings. The maximum atomic E-state index is 3.55. The monoisotopic (exact) mass is 140 g/mol. The molecule has 1 saturated heterocycles. The summed E-state index contributed by atoms with van der Waals surface area (Å²) >= 11 is 0. The largest absolute Gasteiger partial charge is 0.319 e. The van der Waals surface area contributed by atoms with Gasteiger partial charge < -0.3 is 10.6 Å². The van der Waals surface area contributed by atoms with Crippen molar-refractivity contribution in [3.63, 3.8) is 0 Å². The van der Waals surface area contributed by atoms with Crippen molar-refractivity contribution < 1.29 is 0 Å². The Bertz CT molecular complexity index is 124. The summed E-state index contributed by atoms with van der Waals surface area (Å²) in [6, 6.07) is 0.845. The van der Waals surface area contributed by atoms with Gasteiger partial charge in [-0.25, -0.2) is 0 Å². The van der Waals surface area contributed by atoms with E-state index in [1.165, 1.54) is 25.9 Å². The summed E-state index contributed by atoms with van der Waals surface area (Å²) < 4.78 is 0. The van der Waals surface area contributed by atoms with Crippen LogP contribution < -0.4 is 10.6 Å². The lowest BCUT2D eigenvalue weighted by Gasteiger charge is -2.21. The Kier molecular flexibility index (Phi) is 1.66. The van der Waals surface area contributed by atoms with Gasteiger partial charge in [0.15, 0.2) is 0 Å².